The highest BCUT2D eigenvalue weighted by molar-refractivity contribution is 6.38. The number of carboxylic acid groups (broad SMARTS) is 1. The Morgan fingerprint density at radius 1 is 1.12 bits per heavy atom. The number of anilines is 3. The lowest BCUT2D eigenvalue weighted by atomic mass is 9.98. The van der Waals surface area contributed by atoms with Crippen LogP contribution in [0.3, 0.4) is 0 Å². The van der Waals surface area contributed by atoms with Gasteiger partial charge >= 0.3 is 11.9 Å². The molecule has 2 aromatic carbocycles. The molecule has 7 rings (SSSR count). The van der Waals surface area contributed by atoms with Crippen LogP contribution in [0.2, 0.25) is 0 Å². The van der Waals surface area contributed by atoms with Crippen molar-refractivity contribution in [3.8, 4) is 11.1 Å². The summed E-state index contributed by atoms with van der Waals surface area (Å²) < 4.78 is 2.90. The predicted octanol–water partition coefficient (Wildman–Crippen LogP) is 5.67. The maximum Gasteiger partial charge on any atom is 0.308 e. The van der Waals surface area contributed by atoms with Gasteiger partial charge in [-0.2, -0.15) is 0 Å². The Morgan fingerprint density at radius 2 is 1.94 bits per heavy atom. The maximum absolute atomic E-state index is 13.7. The van der Waals surface area contributed by atoms with Crippen LogP contribution in [0, 0.1) is 6.92 Å². The number of nitrogens with one attached hydrogen (secondary N) is 1. The molecular weight excluding hydrogens is 668 g/mol. The van der Waals surface area contributed by atoms with Crippen molar-refractivity contribution in [2.24, 2.45) is 7.05 Å². The Kier molecular flexibility index (Phi) is 9.75. The monoisotopic (exact) mass is 708 g/mol. The largest absolute Gasteiger partial charge is 0.481 e. The number of halogens is 1. The molecule has 0 bridgehead atoms. The highest BCUT2D eigenvalue weighted by Gasteiger charge is 2.30. The first-order valence-corrected chi connectivity index (χ1v) is 17.5. The molecule has 0 aliphatic carbocycles. The summed E-state index contributed by atoms with van der Waals surface area (Å²) in [5.41, 5.74) is 7.80. The number of carbonyl (C=O) groups is 2. The number of carbonyl (C=O) groups excluding carboxylic acids is 1. The summed E-state index contributed by atoms with van der Waals surface area (Å²) in [6.07, 6.45) is 4.90. The highest BCUT2D eigenvalue weighted by atomic mass is 35.5. The number of β-amino-alcohol motifs (C(OH)–C–C–N with tert-alkyl or cyclic N) is 1. The molecule has 2 unspecified atom stereocenters. The van der Waals surface area contributed by atoms with Gasteiger partial charge in [-0.15, -0.1) is 0 Å². The summed E-state index contributed by atoms with van der Waals surface area (Å²) in [7, 11) is 1.82. The predicted molar refractivity (Wildman–Crippen MR) is 197 cm³/mol. The molecule has 5 aromatic rings. The van der Waals surface area contributed by atoms with E-state index < -0.39 is 11.9 Å². The lowest BCUT2D eigenvalue weighted by Gasteiger charge is -2.31. The van der Waals surface area contributed by atoms with Crippen LogP contribution in [0.5, 0.6) is 0 Å². The Hall–Kier alpha value is -4.88. The third-order valence-corrected chi connectivity index (χ3v) is 10.4. The number of hydrogen-bond donors (Lipinski definition) is 3. The Labute approximate surface area is 301 Å². The van der Waals surface area contributed by atoms with E-state index in [2.05, 4.69) is 31.2 Å². The molecule has 264 valence electrons. The molecular formula is C38H41ClN8O4. The standard InChI is InChI=1S/C38H41ClN8O4/c1-23(16-34(49)50)46-15-12-33-32(22-46)43-37(44(33)3)38(51)47(39)28-7-4-6-26(18-28)30-8-5-9-31(24(30)2)42-36-35-27(10-13-40-36)17-25(19-41-35)20-45-14-11-29(48)21-45/h4-10,13,17-19,23,29,48H,11-12,14-16,20-22H2,1-3H3,(H,40,42)(H,49,50). The Morgan fingerprint density at radius 3 is 2.73 bits per heavy atom. The van der Waals surface area contributed by atoms with Crippen LogP contribution in [-0.2, 0) is 31.4 Å². The number of amides is 1. The van der Waals surface area contributed by atoms with E-state index in [-0.39, 0.29) is 24.4 Å². The van der Waals surface area contributed by atoms with E-state index >= 15 is 0 Å². The van der Waals surface area contributed by atoms with Crippen molar-refractivity contribution >= 4 is 51.7 Å². The number of aliphatic hydroxyl groups is 1. The molecule has 51 heavy (non-hydrogen) atoms. The molecule has 5 heterocycles. The van der Waals surface area contributed by atoms with Gasteiger partial charge in [0.1, 0.15) is 5.52 Å². The summed E-state index contributed by atoms with van der Waals surface area (Å²) in [6.45, 7) is 7.40. The number of hydrogen-bond acceptors (Lipinski definition) is 9. The number of aromatic nitrogens is 4. The minimum absolute atomic E-state index is 0.0445. The number of benzene rings is 2. The molecule has 0 radical (unpaired) electrons. The highest BCUT2D eigenvalue weighted by Crippen LogP contribution is 2.34. The van der Waals surface area contributed by atoms with E-state index in [1.165, 1.54) is 0 Å². The lowest BCUT2D eigenvalue weighted by Crippen LogP contribution is -2.39. The summed E-state index contributed by atoms with van der Waals surface area (Å²) in [5.74, 6) is -0.403. The molecule has 2 aliphatic rings. The molecule has 1 amide bonds. The minimum atomic E-state index is -0.840. The average molecular weight is 709 g/mol. The van der Waals surface area contributed by atoms with E-state index in [1.54, 1.807) is 16.8 Å². The fourth-order valence-electron chi connectivity index (χ4n) is 7.21. The summed E-state index contributed by atoms with van der Waals surface area (Å²) in [4.78, 5) is 43.4. The third-order valence-electron chi connectivity index (χ3n) is 10.0. The van der Waals surface area contributed by atoms with Gasteiger partial charge in [0, 0.05) is 93.2 Å². The number of imidazole rings is 1. The van der Waals surface area contributed by atoms with Gasteiger partial charge in [0.25, 0.3) is 0 Å². The zero-order valence-corrected chi connectivity index (χ0v) is 29.6. The Balaban J connectivity index is 1.09. The van der Waals surface area contributed by atoms with Crippen molar-refractivity contribution in [3.63, 3.8) is 0 Å². The second-order valence-electron chi connectivity index (χ2n) is 13.5. The van der Waals surface area contributed by atoms with Crippen molar-refractivity contribution in [1.82, 2.24) is 29.3 Å². The number of fused-ring (bicyclic) bond motifs is 2. The van der Waals surface area contributed by atoms with Gasteiger partial charge in [-0.05, 0) is 72.9 Å². The quantitative estimate of drug-likeness (QED) is 0.156. The second-order valence-corrected chi connectivity index (χ2v) is 13.9. The summed E-state index contributed by atoms with van der Waals surface area (Å²) in [6, 6.07) is 17.5. The van der Waals surface area contributed by atoms with E-state index in [0.717, 1.165) is 74.2 Å². The van der Waals surface area contributed by atoms with Crippen molar-refractivity contribution in [2.45, 2.75) is 58.3 Å². The first kappa shape index (κ1) is 34.6. The third kappa shape index (κ3) is 7.18. The van der Waals surface area contributed by atoms with E-state index in [0.29, 0.717) is 37.6 Å². The normalized spacial score (nSPS) is 17.0. The number of likely N-dealkylation sites (tertiary alicyclic amines) is 1. The first-order valence-electron chi connectivity index (χ1n) is 17.2. The fourth-order valence-corrected chi connectivity index (χ4v) is 7.39. The van der Waals surface area contributed by atoms with E-state index in [4.69, 9.17) is 16.8 Å². The van der Waals surface area contributed by atoms with Crippen molar-refractivity contribution in [2.75, 3.05) is 29.4 Å². The number of aliphatic carboxylic acids is 1. The number of pyridine rings is 2. The van der Waals surface area contributed by atoms with Crippen LogP contribution in [0.4, 0.5) is 17.2 Å². The minimum Gasteiger partial charge on any atom is -0.481 e. The second kappa shape index (κ2) is 14.4. The van der Waals surface area contributed by atoms with E-state index in [9.17, 15) is 19.8 Å². The zero-order chi connectivity index (χ0) is 35.8. The topological polar surface area (TPSA) is 140 Å². The average Bonchev–Trinajstić information content (AvgIpc) is 3.69. The number of nitrogens with zero attached hydrogens (tertiary/aromatic N) is 7. The number of carboxylic acids is 1. The van der Waals surface area contributed by atoms with Crippen molar-refractivity contribution in [3.05, 3.63) is 95.3 Å². The molecule has 3 N–H and O–H groups in total. The molecule has 12 nitrogen and oxygen atoms in total. The van der Waals surface area contributed by atoms with Gasteiger partial charge in [-0.3, -0.25) is 24.4 Å². The van der Waals surface area contributed by atoms with Crippen molar-refractivity contribution in [1.29, 1.82) is 0 Å². The van der Waals surface area contributed by atoms with Gasteiger partial charge in [-0.25, -0.2) is 14.4 Å². The molecule has 1 fully saturated rings. The van der Waals surface area contributed by atoms with Crippen LogP contribution >= 0.6 is 11.8 Å². The summed E-state index contributed by atoms with van der Waals surface area (Å²) in [5, 5.41) is 23.6. The van der Waals surface area contributed by atoms with E-state index in [1.807, 2.05) is 69.6 Å². The van der Waals surface area contributed by atoms with Gasteiger partial charge in [-0.1, -0.05) is 24.3 Å². The first-order chi connectivity index (χ1) is 24.5. The fraction of sp³-hybridized carbons (Fsp3) is 0.342. The van der Waals surface area contributed by atoms with Crippen LogP contribution < -0.4 is 9.74 Å². The maximum atomic E-state index is 13.7. The van der Waals surface area contributed by atoms with Gasteiger partial charge < -0.3 is 20.1 Å². The SMILES string of the molecule is Cc1c(Nc2nccc3cc(CN4CCC(O)C4)cnc23)cccc1-c1cccc(N(Cl)C(=O)c2nc3c(n2C)CCN(C(C)CC(=O)O)C3)c1. The van der Waals surface area contributed by atoms with Gasteiger partial charge in [0.05, 0.1) is 23.9 Å². The summed E-state index contributed by atoms with van der Waals surface area (Å²) >= 11 is 6.73. The Bertz CT molecular complexity index is 2120. The zero-order valence-electron chi connectivity index (χ0n) is 28.9. The van der Waals surface area contributed by atoms with Crippen molar-refractivity contribution < 1.29 is 19.8 Å². The van der Waals surface area contributed by atoms with Gasteiger partial charge in [0.2, 0.25) is 5.82 Å². The lowest BCUT2D eigenvalue weighted by molar-refractivity contribution is -0.138. The molecule has 1 saturated heterocycles. The molecule has 2 atom stereocenters. The van der Waals surface area contributed by atoms with Crippen LogP contribution in [-0.4, -0.2) is 83.2 Å². The van der Waals surface area contributed by atoms with Crippen LogP contribution in [0.1, 0.15) is 52.9 Å². The van der Waals surface area contributed by atoms with Crippen LogP contribution in [0.15, 0.2) is 67.0 Å². The van der Waals surface area contributed by atoms with Gasteiger partial charge in [0.15, 0.2) is 5.82 Å². The molecule has 3 aromatic heterocycles. The smallest absolute Gasteiger partial charge is 0.308 e. The molecule has 0 saturated carbocycles. The van der Waals surface area contributed by atoms with Crippen LogP contribution in [0.25, 0.3) is 22.0 Å². The molecule has 0 spiro atoms. The number of rotatable bonds is 10. The molecule has 2 aliphatic heterocycles. The number of aliphatic hydroxyl groups excluding tert-OH is 1. The molecule has 13 heteroatoms.